The minimum atomic E-state index is -0.944. The third kappa shape index (κ3) is 8.73. The molecule has 8 aliphatic rings. The van der Waals surface area contributed by atoms with E-state index in [1.807, 2.05) is 79.7 Å². The highest BCUT2D eigenvalue weighted by Crippen LogP contribution is 2.47. The Hall–Kier alpha value is 1.32. The maximum absolute atomic E-state index is 12.1. The zero-order chi connectivity index (χ0) is 42.0. The van der Waals surface area contributed by atoms with Gasteiger partial charge in [-0.25, -0.2) is 0 Å². The van der Waals surface area contributed by atoms with Gasteiger partial charge in [-0.05, 0) is 172 Å². The molecule has 4 aliphatic carbocycles. The second kappa shape index (κ2) is 16.6. The molecule has 0 aromatic heterocycles. The number of aliphatic hydroxyl groups is 4. The van der Waals surface area contributed by atoms with E-state index in [1.54, 1.807) is 0 Å². The van der Waals surface area contributed by atoms with Gasteiger partial charge in [-0.2, -0.15) is 0 Å². The minimum Gasteiger partial charge on any atom is -0.388 e. The summed E-state index contributed by atoms with van der Waals surface area (Å²) in [6.07, 6.45) is 1.75. The van der Waals surface area contributed by atoms with Crippen molar-refractivity contribution < 1.29 is 58.3 Å². The molecule has 0 bridgehead atoms. The van der Waals surface area contributed by atoms with Crippen LogP contribution in [0.15, 0.2) is 38.6 Å². The van der Waals surface area contributed by atoms with Gasteiger partial charge in [0.15, 0.2) is 23.1 Å². The van der Waals surface area contributed by atoms with E-state index in [9.17, 15) is 20.4 Å². The number of hydrogen-bond donors (Lipinski definition) is 4. The standard InChI is InChI=1S/C40H56I4N2O12/c1-37(2)51-29-17(41)13-21(25(47)33(29)55-37)45(22-14-18(42)30-34(26(22)48)56-38(3,4)52-30)11-9-10-12-46(23-15-19(43)31-35(27(23)49)57-39(5,6)53-31)24-16-20(44)32-36(28(24)50)58-40(7,8)54-32/h13-16,21-36,47-50H,9-12H2,1-8H3/t21-,22-,23-,24-,25+,26+,27+,28+,29+,30+,31+,32+,33-,34-,35-,36-/m0/s1. The van der Waals surface area contributed by atoms with Crippen LogP contribution in [0.5, 0.6) is 0 Å². The second-order valence-electron chi connectivity index (χ2n) is 18.4. The molecule has 0 saturated carbocycles. The van der Waals surface area contributed by atoms with Crippen molar-refractivity contribution >= 4 is 90.4 Å². The van der Waals surface area contributed by atoms with Crippen LogP contribution in [0.1, 0.15) is 68.2 Å². The van der Waals surface area contributed by atoms with Gasteiger partial charge in [0.05, 0.1) is 24.2 Å². The predicted molar refractivity (Wildman–Crippen MR) is 246 cm³/mol. The summed E-state index contributed by atoms with van der Waals surface area (Å²) in [5.74, 6) is -3.44. The summed E-state index contributed by atoms with van der Waals surface area (Å²) in [5, 5.41) is 48.2. The Balaban J connectivity index is 1.08. The highest BCUT2D eigenvalue weighted by Gasteiger charge is 2.58. The fourth-order valence-electron chi connectivity index (χ4n) is 9.96. The first-order chi connectivity index (χ1) is 27.0. The lowest BCUT2D eigenvalue weighted by atomic mass is 9.87. The lowest BCUT2D eigenvalue weighted by Gasteiger charge is -2.47. The summed E-state index contributed by atoms with van der Waals surface area (Å²) in [7, 11) is 0. The van der Waals surface area contributed by atoms with Crippen LogP contribution in [-0.4, -0.2) is 164 Å². The van der Waals surface area contributed by atoms with Crippen LogP contribution in [-0.2, 0) is 37.9 Å². The van der Waals surface area contributed by atoms with Gasteiger partial charge in [0.25, 0.3) is 0 Å². The smallest absolute Gasteiger partial charge is 0.164 e. The quantitative estimate of drug-likeness (QED) is 0.186. The summed E-state index contributed by atoms with van der Waals surface area (Å²) in [5.41, 5.74) is 0. The van der Waals surface area contributed by atoms with E-state index in [0.717, 1.165) is 14.3 Å². The SMILES string of the molecule is CC1(C)O[C@H]2[C@H](O)[C@@H](N(CCCCN([C@H]3C=C(I)[C@H]4OC(C)(C)O[C@H]4[C@@H]3O)[C@H]3C=C(I)[C@H]4OC(C)(C)O[C@H]4[C@@H]3O)[C@H]3C=C(I)[C@H]4OC(C)(C)O[C@H]4[C@@H]3O)C=C(I)[C@H]2O1. The van der Waals surface area contributed by atoms with Crippen LogP contribution in [0.3, 0.4) is 0 Å². The van der Waals surface area contributed by atoms with Gasteiger partial charge in [-0.1, -0.05) is 24.3 Å². The van der Waals surface area contributed by atoms with Crippen LogP contribution in [0.25, 0.3) is 0 Å². The molecule has 4 aliphatic heterocycles. The Morgan fingerprint density at radius 1 is 0.414 bits per heavy atom. The molecular weight excluding hydrogens is 1210 g/mol. The largest absolute Gasteiger partial charge is 0.388 e. The minimum absolute atomic E-state index is 0.393. The van der Waals surface area contributed by atoms with Gasteiger partial charge >= 0.3 is 0 Å². The van der Waals surface area contributed by atoms with E-state index in [2.05, 4.69) is 100 Å². The third-order valence-electron chi connectivity index (χ3n) is 12.3. The molecule has 8 rings (SSSR count). The molecule has 4 saturated heterocycles. The maximum atomic E-state index is 12.1. The van der Waals surface area contributed by atoms with Crippen LogP contribution in [0, 0.1) is 0 Å². The van der Waals surface area contributed by atoms with Gasteiger partial charge in [-0.15, -0.1) is 0 Å². The number of hydrogen-bond acceptors (Lipinski definition) is 14. The Kier molecular flexibility index (Phi) is 13.2. The second-order valence-corrected chi connectivity index (χ2v) is 23.4. The fraction of sp³-hybridized carbons (Fsp3) is 0.800. The molecule has 14 nitrogen and oxygen atoms in total. The van der Waals surface area contributed by atoms with E-state index < -0.39 is 121 Å². The summed E-state index contributed by atoms with van der Waals surface area (Å²) in [6.45, 7) is 15.8. The van der Waals surface area contributed by atoms with Crippen molar-refractivity contribution in [3.8, 4) is 0 Å². The van der Waals surface area contributed by atoms with Gasteiger partial charge in [-0.3, -0.25) is 9.80 Å². The van der Waals surface area contributed by atoms with E-state index in [-0.39, 0.29) is 0 Å². The number of fused-ring (bicyclic) bond motifs is 4. The fourth-order valence-corrected chi connectivity index (χ4v) is 13.4. The zero-order valence-corrected chi connectivity index (χ0v) is 42.5. The van der Waals surface area contributed by atoms with Crippen molar-refractivity contribution in [1.29, 1.82) is 0 Å². The molecule has 0 unspecified atom stereocenters. The van der Waals surface area contributed by atoms with E-state index >= 15 is 0 Å². The lowest BCUT2D eigenvalue weighted by Crippen LogP contribution is -2.62. The summed E-state index contributed by atoms with van der Waals surface area (Å²) in [4.78, 5) is 4.33. The molecule has 4 heterocycles. The van der Waals surface area contributed by atoms with Crippen molar-refractivity contribution in [2.75, 3.05) is 13.1 Å². The highest BCUT2D eigenvalue weighted by molar-refractivity contribution is 14.1. The van der Waals surface area contributed by atoms with Crippen molar-refractivity contribution in [1.82, 2.24) is 9.80 Å². The van der Waals surface area contributed by atoms with Crippen LogP contribution >= 0.6 is 90.4 Å². The molecular formula is C40H56I4N2O12. The summed E-state index contributed by atoms with van der Waals surface area (Å²) >= 11 is 9.13. The average Bonchev–Trinajstić information content (AvgIpc) is 3.85. The van der Waals surface area contributed by atoms with Gasteiger partial charge in [0.2, 0.25) is 0 Å². The monoisotopic (exact) mass is 1260 g/mol. The number of halogens is 4. The van der Waals surface area contributed by atoms with Crippen LogP contribution < -0.4 is 0 Å². The molecule has 4 N–H and O–H groups in total. The number of aliphatic hydroxyl groups excluding tert-OH is 4. The normalized spacial score (nSPS) is 45.9. The van der Waals surface area contributed by atoms with Crippen molar-refractivity contribution in [2.24, 2.45) is 0 Å². The average molecular weight is 1260 g/mol. The molecule has 0 aromatic carbocycles. The number of nitrogens with zero attached hydrogens (tertiary/aromatic N) is 2. The van der Waals surface area contributed by atoms with Crippen molar-refractivity contribution in [2.45, 2.75) is 189 Å². The molecule has 4 fully saturated rings. The Morgan fingerprint density at radius 2 is 0.621 bits per heavy atom. The first-order valence-corrected chi connectivity index (χ1v) is 24.4. The van der Waals surface area contributed by atoms with Crippen LogP contribution in [0.4, 0.5) is 0 Å². The first kappa shape index (κ1) is 45.9. The molecule has 326 valence electrons. The highest BCUT2D eigenvalue weighted by atomic mass is 127. The van der Waals surface area contributed by atoms with Gasteiger partial charge in [0.1, 0.15) is 73.2 Å². The van der Waals surface area contributed by atoms with Gasteiger partial charge < -0.3 is 58.3 Å². The number of ether oxygens (including phenoxy) is 8. The topological polar surface area (TPSA) is 161 Å². The number of unbranched alkanes of at least 4 members (excludes halogenated alkanes) is 1. The molecule has 16 atom stereocenters. The van der Waals surface area contributed by atoms with E-state index in [4.69, 9.17) is 37.9 Å². The molecule has 0 spiro atoms. The summed E-state index contributed by atoms with van der Waals surface area (Å²) < 4.78 is 53.7. The molecule has 0 aromatic rings. The molecule has 58 heavy (non-hydrogen) atoms. The lowest BCUT2D eigenvalue weighted by molar-refractivity contribution is -0.163. The third-order valence-corrected chi connectivity index (χ3v) is 16.2. The zero-order valence-electron chi connectivity index (χ0n) is 33.8. The number of rotatable bonds is 9. The van der Waals surface area contributed by atoms with Gasteiger partial charge in [0, 0.05) is 14.3 Å². The summed E-state index contributed by atoms with van der Waals surface area (Å²) in [6, 6.07) is -2.05. The Labute approximate surface area is 395 Å². The molecule has 0 amide bonds. The Morgan fingerprint density at radius 3 is 0.828 bits per heavy atom. The molecule has 18 heteroatoms. The van der Waals surface area contributed by atoms with E-state index in [1.165, 1.54) is 0 Å². The maximum Gasteiger partial charge on any atom is 0.164 e. The van der Waals surface area contributed by atoms with E-state index in [0.29, 0.717) is 25.9 Å². The first-order valence-electron chi connectivity index (χ1n) is 20.1. The molecule has 0 radical (unpaired) electrons. The Bertz CT molecular complexity index is 1490. The van der Waals surface area contributed by atoms with Crippen molar-refractivity contribution in [3.63, 3.8) is 0 Å². The predicted octanol–water partition coefficient (Wildman–Crippen LogP) is 4.70. The van der Waals surface area contributed by atoms with Crippen molar-refractivity contribution in [3.05, 3.63) is 38.6 Å². The van der Waals surface area contributed by atoms with Crippen LogP contribution in [0.2, 0.25) is 0 Å².